The number of carboxylic acid groups (broad SMARTS) is 1. The maximum atomic E-state index is 10.4. The predicted molar refractivity (Wildman–Crippen MR) is 81.0 cm³/mol. The van der Waals surface area contributed by atoms with Gasteiger partial charge in [0.1, 0.15) is 0 Å². The van der Waals surface area contributed by atoms with Gasteiger partial charge in [-0.3, -0.25) is 4.79 Å². The molecule has 1 aliphatic rings. The monoisotopic (exact) mass is 285 g/mol. The summed E-state index contributed by atoms with van der Waals surface area (Å²) in [5.74, 6) is -0.775. The molecule has 0 radical (unpaired) electrons. The lowest BCUT2D eigenvalue weighted by atomic mass is 10.0. The van der Waals surface area contributed by atoms with Crippen molar-refractivity contribution in [1.82, 2.24) is 4.90 Å². The van der Waals surface area contributed by atoms with Crippen molar-refractivity contribution in [1.29, 1.82) is 0 Å². The van der Waals surface area contributed by atoms with Crippen molar-refractivity contribution >= 4 is 5.97 Å². The van der Waals surface area contributed by atoms with Gasteiger partial charge in [0.2, 0.25) is 0 Å². The van der Waals surface area contributed by atoms with Crippen LogP contribution in [-0.2, 0) is 9.53 Å². The molecule has 1 aliphatic heterocycles. The minimum Gasteiger partial charge on any atom is -0.481 e. The third-order valence-corrected chi connectivity index (χ3v) is 4.24. The highest BCUT2D eigenvalue weighted by Gasteiger charge is 2.22. The number of aliphatic carboxylic acids is 1. The van der Waals surface area contributed by atoms with Gasteiger partial charge < -0.3 is 14.7 Å². The van der Waals surface area contributed by atoms with Crippen LogP contribution >= 0.6 is 0 Å². The first-order valence-corrected chi connectivity index (χ1v) is 8.21. The van der Waals surface area contributed by atoms with Crippen LogP contribution in [0.15, 0.2) is 0 Å². The van der Waals surface area contributed by atoms with Gasteiger partial charge in [0.25, 0.3) is 0 Å². The van der Waals surface area contributed by atoms with E-state index in [2.05, 4.69) is 18.7 Å². The van der Waals surface area contributed by atoms with E-state index in [4.69, 9.17) is 9.84 Å². The van der Waals surface area contributed by atoms with Crippen LogP contribution in [0.5, 0.6) is 0 Å². The van der Waals surface area contributed by atoms with Crippen LogP contribution in [0.25, 0.3) is 0 Å². The van der Waals surface area contributed by atoms with Gasteiger partial charge >= 0.3 is 5.97 Å². The summed E-state index contributed by atoms with van der Waals surface area (Å²) in [5, 5.41) is 8.59. The Hall–Kier alpha value is -0.610. The van der Waals surface area contributed by atoms with Crippen LogP contribution in [-0.4, -0.2) is 47.8 Å². The lowest BCUT2D eigenvalue weighted by Gasteiger charge is -2.36. The molecular formula is C16H31NO3. The first-order chi connectivity index (χ1) is 9.63. The molecule has 0 amide bonds. The zero-order valence-electron chi connectivity index (χ0n) is 13.1. The van der Waals surface area contributed by atoms with E-state index < -0.39 is 5.97 Å². The average molecular weight is 285 g/mol. The summed E-state index contributed by atoms with van der Waals surface area (Å²) in [7, 11) is 0. The third kappa shape index (κ3) is 7.25. The van der Waals surface area contributed by atoms with E-state index in [0.717, 1.165) is 25.9 Å². The van der Waals surface area contributed by atoms with E-state index in [9.17, 15) is 4.79 Å². The van der Waals surface area contributed by atoms with Crippen molar-refractivity contribution in [3.05, 3.63) is 0 Å². The molecule has 1 atom stereocenters. The van der Waals surface area contributed by atoms with Crippen molar-refractivity contribution in [3.8, 4) is 0 Å². The molecule has 0 bridgehead atoms. The molecule has 20 heavy (non-hydrogen) atoms. The Morgan fingerprint density at radius 2 is 2.00 bits per heavy atom. The van der Waals surface area contributed by atoms with Crippen LogP contribution in [0.2, 0.25) is 0 Å². The number of hydrogen-bond donors (Lipinski definition) is 1. The summed E-state index contributed by atoms with van der Waals surface area (Å²) in [5.41, 5.74) is 0. The molecule has 0 aromatic carbocycles. The summed E-state index contributed by atoms with van der Waals surface area (Å²) in [6.45, 7) is 7.11. The number of carbonyl (C=O) groups is 1. The quantitative estimate of drug-likeness (QED) is 0.626. The average Bonchev–Trinajstić information content (AvgIpc) is 2.44. The number of piperidine rings is 1. The van der Waals surface area contributed by atoms with Gasteiger partial charge in [-0.05, 0) is 26.2 Å². The molecule has 0 saturated carbocycles. The molecule has 1 fully saturated rings. The molecule has 0 aliphatic carbocycles. The van der Waals surface area contributed by atoms with Crippen LogP contribution in [0, 0.1) is 0 Å². The van der Waals surface area contributed by atoms with Gasteiger partial charge in [-0.15, -0.1) is 0 Å². The number of rotatable bonds is 10. The van der Waals surface area contributed by atoms with Gasteiger partial charge in [0.15, 0.2) is 0 Å². The summed E-state index contributed by atoms with van der Waals surface area (Å²) < 4.78 is 5.63. The molecule has 1 N–H and O–H groups in total. The fourth-order valence-electron chi connectivity index (χ4n) is 2.85. The topological polar surface area (TPSA) is 49.8 Å². The number of nitrogens with zero attached hydrogens (tertiary/aromatic N) is 1. The van der Waals surface area contributed by atoms with E-state index in [1.54, 1.807) is 0 Å². The number of likely N-dealkylation sites (tertiary alicyclic amines) is 1. The molecule has 1 heterocycles. The Morgan fingerprint density at radius 1 is 1.30 bits per heavy atom. The number of ether oxygens (including phenoxy) is 1. The third-order valence-electron chi connectivity index (χ3n) is 4.24. The van der Waals surface area contributed by atoms with E-state index in [-0.39, 0.29) is 12.5 Å². The van der Waals surface area contributed by atoms with Crippen molar-refractivity contribution in [2.75, 3.05) is 19.7 Å². The van der Waals surface area contributed by atoms with Crippen molar-refractivity contribution in [2.45, 2.75) is 77.4 Å². The fourth-order valence-corrected chi connectivity index (χ4v) is 2.85. The summed E-state index contributed by atoms with van der Waals surface area (Å²) >= 11 is 0. The Balaban J connectivity index is 2.09. The van der Waals surface area contributed by atoms with Gasteiger partial charge in [0, 0.05) is 19.1 Å². The zero-order valence-corrected chi connectivity index (χ0v) is 13.1. The maximum Gasteiger partial charge on any atom is 0.305 e. The second-order valence-corrected chi connectivity index (χ2v) is 5.95. The van der Waals surface area contributed by atoms with E-state index >= 15 is 0 Å². The molecule has 0 aromatic rings. The standard InChI is InChI=1S/C16H31NO3/c1-3-4-5-6-7-14(2)17-11-8-15(9-12-17)20-13-10-16(18)19/h14-15H,3-13H2,1-2H3,(H,18,19). The van der Waals surface area contributed by atoms with E-state index in [1.165, 1.54) is 32.1 Å². The summed E-state index contributed by atoms with van der Waals surface area (Å²) in [6, 6.07) is 0.673. The number of carboxylic acids is 1. The largest absolute Gasteiger partial charge is 0.481 e. The van der Waals surface area contributed by atoms with Crippen LogP contribution in [0.1, 0.15) is 65.2 Å². The molecule has 1 saturated heterocycles. The normalized spacial score (nSPS) is 19.1. The first-order valence-electron chi connectivity index (χ1n) is 8.21. The highest BCUT2D eigenvalue weighted by molar-refractivity contribution is 5.66. The molecule has 0 aromatic heterocycles. The second-order valence-electron chi connectivity index (χ2n) is 5.95. The van der Waals surface area contributed by atoms with Crippen molar-refractivity contribution in [2.24, 2.45) is 0 Å². The van der Waals surface area contributed by atoms with Gasteiger partial charge in [-0.1, -0.05) is 32.6 Å². The minimum atomic E-state index is -0.775. The van der Waals surface area contributed by atoms with Crippen molar-refractivity contribution < 1.29 is 14.6 Å². The molecule has 118 valence electrons. The number of hydrogen-bond acceptors (Lipinski definition) is 3. The smallest absolute Gasteiger partial charge is 0.305 e. The van der Waals surface area contributed by atoms with Gasteiger partial charge in [-0.2, -0.15) is 0 Å². The Kier molecular flexibility index (Phi) is 8.86. The Bertz CT molecular complexity index is 262. The Labute approximate surface area is 123 Å². The van der Waals surface area contributed by atoms with E-state index in [1.807, 2.05) is 0 Å². The van der Waals surface area contributed by atoms with Gasteiger partial charge in [-0.25, -0.2) is 0 Å². The Morgan fingerprint density at radius 3 is 2.60 bits per heavy atom. The molecule has 0 spiro atoms. The fraction of sp³-hybridized carbons (Fsp3) is 0.938. The van der Waals surface area contributed by atoms with Gasteiger partial charge in [0.05, 0.1) is 19.1 Å². The SMILES string of the molecule is CCCCCCC(C)N1CCC(OCCC(=O)O)CC1. The zero-order chi connectivity index (χ0) is 14.8. The molecular weight excluding hydrogens is 254 g/mol. The predicted octanol–water partition coefficient (Wildman–Crippen LogP) is 3.30. The van der Waals surface area contributed by atoms with Crippen molar-refractivity contribution in [3.63, 3.8) is 0 Å². The second kappa shape index (κ2) is 10.2. The van der Waals surface area contributed by atoms with Crippen LogP contribution < -0.4 is 0 Å². The summed E-state index contributed by atoms with van der Waals surface area (Å²) in [4.78, 5) is 13.0. The molecule has 1 rings (SSSR count). The van der Waals surface area contributed by atoms with E-state index in [0.29, 0.717) is 12.6 Å². The molecule has 4 nitrogen and oxygen atoms in total. The first kappa shape index (κ1) is 17.4. The lowest BCUT2D eigenvalue weighted by molar-refractivity contribution is -0.138. The van der Waals surface area contributed by atoms with Crippen LogP contribution in [0.4, 0.5) is 0 Å². The highest BCUT2D eigenvalue weighted by Crippen LogP contribution is 2.19. The highest BCUT2D eigenvalue weighted by atomic mass is 16.5. The van der Waals surface area contributed by atoms with Crippen LogP contribution in [0.3, 0.4) is 0 Å². The maximum absolute atomic E-state index is 10.4. The minimum absolute atomic E-state index is 0.119. The summed E-state index contributed by atoms with van der Waals surface area (Å²) in [6.07, 6.45) is 9.10. The number of unbranched alkanes of at least 4 members (excludes halogenated alkanes) is 3. The molecule has 1 unspecified atom stereocenters. The molecule has 4 heteroatoms. The lowest BCUT2D eigenvalue weighted by Crippen LogP contribution is -2.42.